The number of hydrogen-bond donors (Lipinski definition) is 1. The Morgan fingerprint density at radius 1 is 1.07 bits per heavy atom. The van der Waals surface area contributed by atoms with Crippen LogP contribution in [0.3, 0.4) is 0 Å². The largest absolute Gasteiger partial charge is 0.465 e. The van der Waals surface area contributed by atoms with E-state index in [0.717, 1.165) is 0 Å². The Balaban J connectivity index is 1.69. The van der Waals surface area contributed by atoms with Gasteiger partial charge < -0.3 is 19.9 Å². The first kappa shape index (κ1) is 19.3. The highest BCUT2D eigenvalue weighted by Crippen LogP contribution is 2.16. The summed E-state index contributed by atoms with van der Waals surface area (Å²) >= 11 is 0. The van der Waals surface area contributed by atoms with E-state index in [1.54, 1.807) is 36.1 Å². The Hall–Kier alpha value is -3.49. The average molecular weight is 383 g/mol. The molecule has 28 heavy (non-hydrogen) atoms. The molecule has 9 nitrogen and oxygen atoms in total. The molecule has 0 unspecified atom stereocenters. The van der Waals surface area contributed by atoms with Crippen molar-refractivity contribution in [2.75, 3.05) is 43.5 Å². The van der Waals surface area contributed by atoms with Crippen molar-refractivity contribution in [2.24, 2.45) is 0 Å². The van der Waals surface area contributed by atoms with Crippen molar-refractivity contribution in [3.8, 4) is 0 Å². The fraction of sp³-hybridized carbons (Fsp3) is 0.316. The summed E-state index contributed by atoms with van der Waals surface area (Å²) in [5, 5.41) is 2.72. The minimum atomic E-state index is -0.481. The molecule has 2 amide bonds. The van der Waals surface area contributed by atoms with Gasteiger partial charge in [-0.25, -0.2) is 14.8 Å². The third kappa shape index (κ3) is 4.43. The van der Waals surface area contributed by atoms with Crippen LogP contribution in [0.25, 0.3) is 0 Å². The normalized spacial score (nSPS) is 13.8. The monoisotopic (exact) mass is 383 g/mol. The first-order valence-corrected chi connectivity index (χ1v) is 8.80. The van der Waals surface area contributed by atoms with E-state index in [1.807, 2.05) is 4.90 Å². The Labute approximate surface area is 162 Å². The Morgan fingerprint density at radius 2 is 1.82 bits per heavy atom. The van der Waals surface area contributed by atoms with Gasteiger partial charge in [-0.3, -0.25) is 9.59 Å². The van der Waals surface area contributed by atoms with Crippen LogP contribution in [-0.4, -0.2) is 65.9 Å². The molecule has 1 saturated heterocycles. The number of hydrogen-bond acceptors (Lipinski definition) is 7. The van der Waals surface area contributed by atoms with Crippen LogP contribution in [0.15, 0.2) is 36.7 Å². The molecule has 1 aliphatic heterocycles. The van der Waals surface area contributed by atoms with E-state index in [9.17, 15) is 14.4 Å². The number of esters is 1. The van der Waals surface area contributed by atoms with Gasteiger partial charge in [0.1, 0.15) is 17.8 Å². The van der Waals surface area contributed by atoms with E-state index in [-0.39, 0.29) is 11.6 Å². The van der Waals surface area contributed by atoms with Crippen molar-refractivity contribution in [3.63, 3.8) is 0 Å². The van der Waals surface area contributed by atoms with Crippen LogP contribution in [0, 0.1) is 0 Å². The molecule has 2 aromatic rings. The lowest BCUT2D eigenvalue weighted by Gasteiger charge is -2.34. The Kier molecular flexibility index (Phi) is 5.83. The minimum absolute atomic E-state index is 0.0524. The molecule has 0 atom stereocenters. The van der Waals surface area contributed by atoms with E-state index in [0.29, 0.717) is 43.2 Å². The summed E-state index contributed by atoms with van der Waals surface area (Å²) in [6, 6.07) is 8.08. The zero-order valence-corrected chi connectivity index (χ0v) is 15.7. The number of nitrogens with one attached hydrogen (secondary N) is 1. The number of amides is 2. The summed E-state index contributed by atoms with van der Waals surface area (Å²) in [5.74, 6) is -0.207. The Bertz CT molecular complexity index is 893. The molecule has 146 valence electrons. The fourth-order valence-electron chi connectivity index (χ4n) is 2.93. The first-order valence-electron chi connectivity index (χ1n) is 8.80. The van der Waals surface area contributed by atoms with Crippen molar-refractivity contribution in [3.05, 3.63) is 47.9 Å². The van der Waals surface area contributed by atoms with Gasteiger partial charge in [-0.1, -0.05) is 6.07 Å². The van der Waals surface area contributed by atoms with Gasteiger partial charge >= 0.3 is 5.97 Å². The molecule has 9 heteroatoms. The number of ether oxygens (including phenoxy) is 1. The number of anilines is 2. The molecule has 2 heterocycles. The summed E-state index contributed by atoms with van der Waals surface area (Å²) in [4.78, 5) is 47.7. The molecule has 1 aromatic carbocycles. The van der Waals surface area contributed by atoms with Crippen LogP contribution < -0.4 is 10.2 Å². The molecular weight excluding hydrogens is 362 g/mol. The topological polar surface area (TPSA) is 105 Å². The molecule has 0 bridgehead atoms. The van der Waals surface area contributed by atoms with E-state index in [1.165, 1.54) is 19.5 Å². The van der Waals surface area contributed by atoms with E-state index in [2.05, 4.69) is 20.0 Å². The van der Waals surface area contributed by atoms with Crippen molar-refractivity contribution in [2.45, 2.75) is 6.92 Å². The van der Waals surface area contributed by atoms with Crippen molar-refractivity contribution in [1.29, 1.82) is 0 Å². The lowest BCUT2D eigenvalue weighted by atomic mass is 10.2. The van der Waals surface area contributed by atoms with Gasteiger partial charge in [0.2, 0.25) is 5.91 Å². The van der Waals surface area contributed by atoms with Gasteiger partial charge in [-0.2, -0.15) is 0 Å². The van der Waals surface area contributed by atoms with Crippen molar-refractivity contribution < 1.29 is 19.1 Å². The van der Waals surface area contributed by atoms with Crippen LogP contribution in [0.2, 0.25) is 0 Å². The quantitative estimate of drug-likeness (QED) is 0.791. The molecule has 0 radical (unpaired) electrons. The van der Waals surface area contributed by atoms with Crippen LogP contribution in [0.4, 0.5) is 11.5 Å². The van der Waals surface area contributed by atoms with E-state index >= 15 is 0 Å². The average Bonchev–Trinajstić information content (AvgIpc) is 2.73. The highest BCUT2D eigenvalue weighted by Gasteiger charge is 2.20. The molecule has 3 rings (SSSR count). The van der Waals surface area contributed by atoms with Crippen LogP contribution in [0.5, 0.6) is 0 Å². The third-order valence-corrected chi connectivity index (χ3v) is 4.48. The number of carbonyl (C=O) groups excluding carboxylic acids is 3. The van der Waals surface area contributed by atoms with Gasteiger partial charge in [0.25, 0.3) is 5.91 Å². The lowest BCUT2D eigenvalue weighted by molar-refractivity contribution is -0.129. The summed E-state index contributed by atoms with van der Waals surface area (Å²) in [6.07, 6.45) is 1.34. The fourth-order valence-corrected chi connectivity index (χ4v) is 2.93. The zero-order chi connectivity index (χ0) is 20.1. The second kappa shape index (κ2) is 8.47. The SMILES string of the molecule is COC(=O)c1cccc(NC(=O)c2cc(N3CCN(C(C)=O)CC3)ncn2)c1. The van der Waals surface area contributed by atoms with Crippen LogP contribution in [0.1, 0.15) is 27.8 Å². The van der Waals surface area contributed by atoms with Crippen LogP contribution >= 0.6 is 0 Å². The third-order valence-electron chi connectivity index (χ3n) is 4.48. The predicted molar refractivity (Wildman–Crippen MR) is 102 cm³/mol. The summed E-state index contributed by atoms with van der Waals surface area (Å²) in [5.41, 5.74) is 1.01. The molecule has 1 fully saturated rings. The molecule has 0 aliphatic carbocycles. The number of carbonyl (C=O) groups is 3. The van der Waals surface area contributed by atoms with E-state index < -0.39 is 11.9 Å². The van der Waals surface area contributed by atoms with Crippen molar-refractivity contribution >= 4 is 29.3 Å². The van der Waals surface area contributed by atoms with Crippen LogP contribution in [-0.2, 0) is 9.53 Å². The number of nitrogens with zero attached hydrogens (tertiary/aromatic N) is 4. The molecule has 0 saturated carbocycles. The second-order valence-corrected chi connectivity index (χ2v) is 6.28. The number of benzene rings is 1. The maximum absolute atomic E-state index is 12.6. The van der Waals surface area contributed by atoms with Gasteiger partial charge in [0.05, 0.1) is 12.7 Å². The highest BCUT2D eigenvalue weighted by atomic mass is 16.5. The van der Waals surface area contributed by atoms with E-state index in [4.69, 9.17) is 0 Å². The molecule has 1 aliphatic rings. The summed E-state index contributed by atoms with van der Waals surface area (Å²) in [6.45, 7) is 4.05. The standard InChI is InChI=1S/C19H21N5O4/c1-13(25)23-6-8-24(9-7-23)17-11-16(20-12-21-17)18(26)22-15-5-3-4-14(10-15)19(27)28-2/h3-5,10-12H,6-9H2,1-2H3,(H,22,26). The van der Waals surface area contributed by atoms with Gasteiger partial charge in [-0.05, 0) is 18.2 Å². The molecule has 1 N–H and O–H groups in total. The summed E-state index contributed by atoms with van der Waals surface area (Å²) < 4.78 is 4.68. The number of piperazine rings is 1. The number of methoxy groups -OCH3 is 1. The van der Waals surface area contributed by atoms with Gasteiger partial charge in [0.15, 0.2) is 0 Å². The lowest BCUT2D eigenvalue weighted by Crippen LogP contribution is -2.48. The van der Waals surface area contributed by atoms with Crippen molar-refractivity contribution in [1.82, 2.24) is 14.9 Å². The molecule has 1 aromatic heterocycles. The maximum atomic E-state index is 12.6. The number of aromatic nitrogens is 2. The molecule has 0 spiro atoms. The highest BCUT2D eigenvalue weighted by molar-refractivity contribution is 6.03. The van der Waals surface area contributed by atoms with Gasteiger partial charge in [0, 0.05) is 44.9 Å². The number of rotatable bonds is 4. The maximum Gasteiger partial charge on any atom is 0.337 e. The zero-order valence-electron chi connectivity index (χ0n) is 15.7. The summed E-state index contributed by atoms with van der Waals surface area (Å²) in [7, 11) is 1.30. The molecular formula is C19H21N5O4. The first-order chi connectivity index (χ1) is 13.5. The smallest absolute Gasteiger partial charge is 0.337 e. The minimum Gasteiger partial charge on any atom is -0.465 e. The predicted octanol–water partition coefficient (Wildman–Crippen LogP) is 1.18. The van der Waals surface area contributed by atoms with Gasteiger partial charge in [-0.15, -0.1) is 0 Å². The second-order valence-electron chi connectivity index (χ2n) is 6.28. The Morgan fingerprint density at radius 3 is 2.50 bits per heavy atom.